The van der Waals surface area contributed by atoms with Crippen molar-refractivity contribution < 1.29 is 9.53 Å². The van der Waals surface area contributed by atoms with E-state index in [9.17, 15) is 4.79 Å². The Bertz CT molecular complexity index is 764. The zero-order chi connectivity index (χ0) is 18.4. The van der Waals surface area contributed by atoms with E-state index in [1.54, 1.807) is 18.2 Å². The van der Waals surface area contributed by atoms with Crippen LogP contribution < -0.4 is 10.1 Å². The highest BCUT2D eigenvalue weighted by Gasteiger charge is 2.17. The van der Waals surface area contributed by atoms with Gasteiger partial charge in [0.15, 0.2) is 0 Å². The zero-order valence-electron chi connectivity index (χ0n) is 15.5. The van der Waals surface area contributed by atoms with Crippen LogP contribution in [0.25, 0.3) is 0 Å². The van der Waals surface area contributed by atoms with Gasteiger partial charge in [-0.3, -0.25) is 4.79 Å². The monoisotopic (exact) mass is 349 g/mol. The van der Waals surface area contributed by atoms with Crippen LogP contribution in [0.3, 0.4) is 0 Å². The third kappa shape index (κ3) is 4.34. The van der Waals surface area contributed by atoms with Gasteiger partial charge in [-0.25, -0.2) is 0 Å². The lowest BCUT2D eigenvalue weighted by molar-refractivity contribution is 0.0935. The molecule has 0 spiro atoms. The fourth-order valence-electron chi connectivity index (χ4n) is 3.49. The molecule has 136 valence electrons. The maximum absolute atomic E-state index is 12.6. The summed E-state index contributed by atoms with van der Waals surface area (Å²) < 4.78 is 5.46. The smallest absolute Gasteiger partial charge is 0.251 e. The summed E-state index contributed by atoms with van der Waals surface area (Å²) in [6.45, 7) is 6.20. The van der Waals surface area contributed by atoms with Gasteiger partial charge in [0, 0.05) is 5.56 Å². The van der Waals surface area contributed by atoms with E-state index in [4.69, 9.17) is 4.74 Å². The van der Waals surface area contributed by atoms with Crippen LogP contribution in [0.2, 0.25) is 0 Å². The van der Waals surface area contributed by atoms with Gasteiger partial charge < -0.3 is 10.1 Å². The molecule has 1 aliphatic carbocycles. The van der Waals surface area contributed by atoms with Crippen LogP contribution in [0.1, 0.15) is 59.3 Å². The molecular weight excluding hydrogens is 322 g/mol. The number of rotatable bonds is 7. The Hall–Kier alpha value is -2.55. The standard InChI is InChI=1S/C23H27NO2/c1-3-15-26-21-13-11-18(12-14-21)23(25)24-22(4-2)20-10-9-17-7-5-6-8-19(17)16-20/h3,9-14,16,22H,1,4-8,15H2,2H3,(H,24,25). The van der Waals surface area contributed by atoms with Gasteiger partial charge in [-0.2, -0.15) is 0 Å². The molecule has 0 saturated carbocycles. The van der Waals surface area contributed by atoms with Crippen molar-refractivity contribution in [1.29, 1.82) is 0 Å². The van der Waals surface area contributed by atoms with Crippen LogP contribution >= 0.6 is 0 Å². The Morgan fingerprint density at radius 3 is 2.58 bits per heavy atom. The molecule has 0 radical (unpaired) electrons. The van der Waals surface area contributed by atoms with Gasteiger partial charge in [0.25, 0.3) is 5.91 Å². The summed E-state index contributed by atoms with van der Waals surface area (Å²) in [5.74, 6) is 0.688. The third-order valence-corrected chi connectivity index (χ3v) is 4.97. The number of aryl methyl sites for hydroxylation is 2. The molecule has 0 aliphatic heterocycles. The molecule has 0 fully saturated rings. The van der Waals surface area contributed by atoms with Gasteiger partial charge in [0.05, 0.1) is 6.04 Å². The van der Waals surface area contributed by atoms with Crippen molar-refractivity contribution in [2.45, 2.75) is 45.1 Å². The van der Waals surface area contributed by atoms with Gasteiger partial charge in [0.2, 0.25) is 0 Å². The summed E-state index contributed by atoms with van der Waals surface area (Å²) in [4.78, 5) is 12.6. The number of carbonyl (C=O) groups excluding carboxylic acids is 1. The second-order valence-corrected chi connectivity index (χ2v) is 6.79. The summed E-state index contributed by atoms with van der Waals surface area (Å²) in [5.41, 5.74) is 4.77. The largest absolute Gasteiger partial charge is 0.490 e. The Morgan fingerprint density at radius 1 is 1.15 bits per heavy atom. The molecule has 26 heavy (non-hydrogen) atoms. The van der Waals surface area contributed by atoms with Crippen LogP contribution in [0, 0.1) is 0 Å². The molecule has 2 aromatic rings. The maximum atomic E-state index is 12.6. The zero-order valence-corrected chi connectivity index (χ0v) is 15.5. The lowest BCUT2D eigenvalue weighted by atomic mass is 9.88. The van der Waals surface area contributed by atoms with Crippen molar-refractivity contribution in [3.63, 3.8) is 0 Å². The topological polar surface area (TPSA) is 38.3 Å². The summed E-state index contributed by atoms with van der Waals surface area (Å²) in [5, 5.41) is 3.17. The second kappa shape index (κ2) is 8.70. The van der Waals surface area contributed by atoms with E-state index >= 15 is 0 Å². The maximum Gasteiger partial charge on any atom is 0.251 e. The van der Waals surface area contributed by atoms with Crippen molar-refractivity contribution in [3.05, 3.63) is 77.4 Å². The van der Waals surface area contributed by atoms with E-state index in [1.165, 1.54) is 36.0 Å². The first-order valence-electron chi connectivity index (χ1n) is 9.47. The van der Waals surface area contributed by atoms with E-state index in [-0.39, 0.29) is 11.9 Å². The van der Waals surface area contributed by atoms with Gasteiger partial charge in [-0.1, -0.05) is 37.8 Å². The van der Waals surface area contributed by atoms with Crippen molar-refractivity contribution in [2.24, 2.45) is 0 Å². The third-order valence-electron chi connectivity index (χ3n) is 4.97. The summed E-state index contributed by atoms with van der Waals surface area (Å²) in [6.07, 6.45) is 7.45. The first-order valence-corrected chi connectivity index (χ1v) is 9.47. The molecule has 1 aliphatic rings. The molecule has 1 amide bonds. The highest BCUT2D eigenvalue weighted by atomic mass is 16.5. The average Bonchev–Trinajstić information content (AvgIpc) is 2.70. The first-order chi connectivity index (χ1) is 12.7. The Labute approximate surface area is 156 Å². The quantitative estimate of drug-likeness (QED) is 0.714. The van der Waals surface area contributed by atoms with Gasteiger partial charge in [-0.15, -0.1) is 0 Å². The van der Waals surface area contributed by atoms with Crippen LogP contribution in [-0.2, 0) is 12.8 Å². The van der Waals surface area contributed by atoms with Gasteiger partial charge in [0.1, 0.15) is 12.4 Å². The van der Waals surface area contributed by atoms with E-state index in [2.05, 4.69) is 37.0 Å². The number of ether oxygens (including phenoxy) is 1. The number of hydrogen-bond donors (Lipinski definition) is 1. The number of nitrogens with one attached hydrogen (secondary N) is 1. The molecule has 0 heterocycles. The molecule has 0 bridgehead atoms. The summed E-state index contributed by atoms with van der Waals surface area (Å²) >= 11 is 0. The molecule has 3 rings (SSSR count). The molecule has 1 N–H and O–H groups in total. The van der Waals surface area contributed by atoms with Crippen molar-refractivity contribution in [1.82, 2.24) is 5.32 Å². The number of carbonyl (C=O) groups is 1. The molecule has 0 aromatic heterocycles. The van der Waals surface area contributed by atoms with Crippen LogP contribution in [0.15, 0.2) is 55.1 Å². The van der Waals surface area contributed by atoms with Gasteiger partial charge in [-0.05, 0) is 73.1 Å². The number of amides is 1. The number of hydrogen-bond acceptors (Lipinski definition) is 2. The number of fused-ring (bicyclic) bond motifs is 1. The minimum Gasteiger partial charge on any atom is -0.490 e. The predicted octanol–water partition coefficient (Wildman–Crippen LogP) is 5.01. The molecule has 2 aromatic carbocycles. The van der Waals surface area contributed by atoms with Crippen LogP contribution in [-0.4, -0.2) is 12.5 Å². The second-order valence-electron chi connectivity index (χ2n) is 6.79. The molecule has 3 heteroatoms. The Balaban J connectivity index is 1.69. The highest BCUT2D eigenvalue weighted by molar-refractivity contribution is 5.94. The van der Waals surface area contributed by atoms with Crippen LogP contribution in [0.5, 0.6) is 5.75 Å². The minimum atomic E-state index is -0.0511. The van der Waals surface area contributed by atoms with E-state index < -0.39 is 0 Å². The Kier molecular flexibility index (Phi) is 6.11. The Morgan fingerprint density at radius 2 is 1.88 bits per heavy atom. The van der Waals surface area contributed by atoms with Gasteiger partial charge >= 0.3 is 0 Å². The lowest BCUT2D eigenvalue weighted by Crippen LogP contribution is -2.28. The highest BCUT2D eigenvalue weighted by Crippen LogP contribution is 2.26. The fourth-order valence-corrected chi connectivity index (χ4v) is 3.49. The molecule has 0 saturated heterocycles. The normalized spacial score (nSPS) is 14.2. The van der Waals surface area contributed by atoms with E-state index in [1.807, 2.05) is 12.1 Å². The van der Waals surface area contributed by atoms with Crippen molar-refractivity contribution >= 4 is 5.91 Å². The van der Waals surface area contributed by atoms with E-state index in [0.717, 1.165) is 18.6 Å². The molecule has 3 nitrogen and oxygen atoms in total. The van der Waals surface area contributed by atoms with E-state index in [0.29, 0.717) is 12.2 Å². The molecular formula is C23H27NO2. The van der Waals surface area contributed by atoms with Crippen molar-refractivity contribution in [3.8, 4) is 5.75 Å². The van der Waals surface area contributed by atoms with Crippen LogP contribution in [0.4, 0.5) is 0 Å². The SMILES string of the molecule is C=CCOc1ccc(C(=O)NC(CC)c2ccc3c(c2)CCCC3)cc1. The predicted molar refractivity (Wildman–Crippen MR) is 106 cm³/mol. The fraction of sp³-hybridized carbons (Fsp3) is 0.348. The minimum absolute atomic E-state index is 0.0337. The average molecular weight is 349 g/mol. The lowest BCUT2D eigenvalue weighted by Gasteiger charge is -2.22. The van der Waals surface area contributed by atoms with Crippen molar-refractivity contribution in [2.75, 3.05) is 6.61 Å². The first kappa shape index (κ1) is 18.2. The summed E-state index contributed by atoms with van der Waals surface area (Å²) in [6, 6.07) is 14.0. The number of benzene rings is 2. The molecule has 1 unspecified atom stereocenters. The molecule has 1 atom stereocenters. The summed E-state index contributed by atoms with van der Waals surface area (Å²) in [7, 11) is 0.